The van der Waals surface area contributed by atoms with Gasteiger partial charge in [-0.15, -0.1) is 0 Å². The van der Waals surface area contributed by atoms with Crippen molar-refractivity contribution in [2.24, 2.45) is 0 Å². The summed E-state index contributed by atoms with van der Waals surface area (Å²) in [4.78, 5) is 18.9. The van der Waals surface area contributed by atoms with Crippen LogP contribution in [0.15, 0.2) is 47.5 Å². The van der Waals surface area contributed by atoms with Gasteiger partial charge in [-0.05, 0) is 49.9 Å². The lowest BCUT2D eigenvalue weighted by Gasteiger charge is -2.39. The highest BCUT2D eigenvalue weighted by atomic mass is 32.2. The van der Waals surface area contributed by atoms with Gasteiger partial charge in [-0.3, -0.25) is 15.0 Å². The van der Waals surface area contributed by atoms with E-state index in [1.807, 2.05) is 4.90 Å². The Morgan fingerprint density at radius 3 is 2.37 bits per heavy atom. The van der Waals surface area contributed by atoms with Gasteiger partial charge >= 0.3 is 0 Å². The molecule has 1 aromatic carbocycles. The molecule has 2 heterocycles. The molecule has 192 valence electrons. The van der Waals surface area contributed by atoms with Gasteiger partial charge in [-0.2, -0.15) is 0 Å². The smallest absolute Gasteiger partial charge is 0.265 e. The van der Waals surface area contributed by atoms with Crippen LogP contribution >= 0.6 is 0 Å². The number of halogens is 2. The van der Waals surface area contributed by atoms with E-state index < -0.39 is 26.4 Å². The lowest BCUT2D eigenvalue weighted by atomic mass is 9.95. The zero-order chi connectivity index (χ0) is 25.7. The average Bonchev–Trinajstić information content (AvgIpc) is 2.86. The van der Waals surface area contributed by atoms with Gasteiger partial charge in [0.15, 0.2) is 14.6 Å². The number of ether oxygens (including phenoxy) is 1. The summed E-state index contributed by atoms with van der Waals surface area (Å²) >= 11 is 0. The lowest BCUT2D eigenvalue weighted by molar-refractivity contribution is -0.133. The number of piperidine rings is 1. The number of aryl methyl sites for hydroxylation is 1. The Bertz CT molecular complexity index is 1100. The monoisotopic (exact) mass is 511 g/mol. The molecule has 35 heavy (non-hydrogen) atoms. The molecule has 1 fully saturated rings. The van der Waals surface area contributed by atoms with Crippen LogP contribution in [-0.4, -0.2) is 73.4 Å². The SMILES string of the molecule is COCCN1CCC(C(=O)NO)(S(=O)(=O)c2ccc(-c3ccc(CCC(C)(F)F)cn3)cc2)CC1. The van der Waals surface area contributed by atoms with Gasteiger partial charge in [0.25, 0.3) is 5.91 Å². The molecule has 0 atom stereocenters. The van der Waals surface area contributed by atoms with Gasteiger partial charge < -0.3 is 9.64 Å². The van der Waals surface area contributed by atoms with Crippen molar-refractivity contribution in [3.63, 3.8) is 0 Å². The molecule has 0 radical (unpaired) electrons. The number of rotatable bonds is 10. The summed E-state index contributed by atoms with van der Waals surface area (Å²) < 4.78 is 56.6. The molecule has 0 saturated carbocycles. The van der Waals surface area contributed by atoms with Gasteiger partial charge in [0, 0.05) is 44.9 Å². The number of carbonyl (C=O) groups excluding carboxylic acids is 1. The first kappa shape index (κ1) is 27.1. The number of hydrogen-bond donors (Lipinski definition) is 2. The van der Waals surface area contributed by atoms with Gasteiger partial charge in [-0.25, -0.2) is 22.7 Å². The number of sulfone groups is 1. The Morgan fingerprint density at radius 1 is 1.20 bits per heavy atom. The lowest BCUT2D eigenvalue weighted by Crippen LogP contribution is -2.58. The number of alkyl halides is 2. The van der Waals surface area contributed by atoms with Crippen LogP contribution in [0.4, 0.5) is 8.78 Å². The summed E-state index contributed by atoms with van der Waals surface area (Å²) in [6.07, 6.45) is 1.53. The van der Waals surface area contributed by atoms with Crippen LogP contribution in [0.1, 0.15) is 31.7 Å². The molecule has 0 unspecified atom stereocenters. The number of hydrogen-bond acceptors (Lipinski definition) is 7. The molecule has 1 aliphatic rings. The molecule has 0 spiro atoms. The maximum atomic E-state index is 13.6. The Labute approximate surface area is 204 Å². The third-order valence-electron chi connectivity index (χ3n) is 6.44. The van der Waals surface area contributed by atoms with Crippen molar-refractivity contribution in [1.29, 1.82) is 0 Å². The number of aromatic nitrogens is 1. The minimum atomic E-state index is -4.13. The standard InChI is InChI=1S/C24H31F2N3O5S/c1-23(25,26)10-9-18-3-8-21(27-17-18)19-4-6-20(7-5-19)35(32,33)24(22(30)28-31)11-13-29(14-12-24)15-16-34-2/h3-8,17,31H,9-16H2,1-2H3,(H,28,30). The largest absolute Gasteiger partial charge is 0.383 e. The maximum Gasteiger partial charge on any atom is 0.265 e. The molecule has 1 aliphatic heterocycles. The summed E-state index contributed by atoms with van der Waals surface area (Å²) in [5, 5.41) is 9.32. The van der Waals surface area contributed by atoms with E-state index in [1.165, 1.54) is 18.3 Å². The molecule has 1 amide bonds. The zero-order valence-electron chi connectivity index (χ0n) is 19.8. The van der Waals surface area contributed by atoms with Crippen LogP contribution in [0.25, 0.3) is 11.3 Å². The number of hydroxylamine groups is 1. The molecular formula is C24H31F2N3O5S. The van der Waals surface area contributed by atoms with Gasteiger partial charge in [0.05, 0.1) is 17.2 Å². The number of nitrogens with one attached hydrogen (secondary N) is 1. The molecule has 11 heteroatoms. The highest BCUT2D eigenvalue weighted by molar-refractivity contribution is 7.93. The number of carbonyl (C=O) groups is 1. The Hall–Kier alpha value is -2.47. The zero-order valence-corrected chi connectivity index (χ0v) is 20.7. The Balaban J connectivity index is 1.79. The maximum absolute atomic E-state index is 13.6. The van der Waals surface area contributed by atoms with Crippen molar-refractivity contribution in [2.45, 2.75) is 48.2 Å². The van der Waals surface area contributed by atoms with E-state index in [0.717, 1.165) is 6.92 Å². The summed E-state index contributed by atoms with van der Waals surface area (Å²) in [7, 11) is -2.54. The van der Waals surface area contributed by atoms with Crippen molar-refractivity contribution >= 4 is 15.7 Å². The van der Waals surface area contributed by atoms with E-state index >= 15 is 0 Å². The fourth-order valence-electron chi connectivity index (χ4n) is 4.22. The van der Waals surface area contributed by atoms with E-state index in [0.29, 0.717) is 43.1 Å². The first-order chi connectivity index (χ1) is 16.5. The first-order valence-corrected chi connectivity index (χ1v) is 12.8. The molecular weight excluding hydrogens is 480 g/mol. The molecule has 2 N–H and O–H groups in total. The quantitative estimate of drug-likeness (QED) is 0.373. The van der Waals surface area contributed by atoms with Crippen LogP contribution in [0, 0.1) is 0 Å². The van der Waals surface area contributed by atoms with Gasteiger partial charge in [-0.1, -0.05) is 18.2 Å². The van der Waals surface area contributed by atoms with E-state index in [-0.39, 0.29) is 30.6 Å². The number of likely N-dealkylation sites (tertiary alicyclic amines) is 1. The van der Waals surface area contributed by atoms with E-state index in [2.05, 4.69) is 4.98 Å². The fourth-order valence-corrected chi connectivity index (χ4v) is 6.17. The second-order valence-electron chi connectivity index (χ2n) is 8.92. The van der Waals surface area contributed by atoms with Crippen LogP contribution in [0.3, 0.4) is 0 Å². The minimum Gasteiger partial charge on any atom is -0.383 e. The number of amides is 1. The van der Waals surface area contributed by atoms with Crippen LogP contribution in [-0.2, 0) is 25.8 Å². The summed E-state index contributed by atoms with van der Waals surface area (Å²) in [5.41, 5.74) is 3.45. The van der Waals surface area contributed by atoms with E-state index in [1.54, 1.807) is 36.9 Å². The van der Waals surface area contributed by atoms with Crippen LogP contribution < -0.4 is 5.48 Å². The van der Waals surface area contributed by atoms with Crippen molar-refractivity contribution in [1.82, 2.24) is 15.4 Å². The molecule has 8 nitrogen and oxygen atoms in total. The average molecular weight is 512 g/mol. The fraction of sp³-hybridized carbons (Fsp3) is 0.500. The summed E-state index contributed by atoms with van der Waals surface area (Å²) in [6.45, 7) is 2.73. The Kier molecular flexibility index (Phi) is 8.58. The Morgan fingerprint density at radius 2 is 1.86 bits per heavy atom. The summed E-state index contributed by atoms with van der Waals surface area (Å²) in [5.74, 6) is -3.69. The summed E-state index contributed by atoms with van der Waals surface area (Å²) in [6, 6.07) is 9.43. The normalized spacial score (nSPS) is 16.7. The predicted octanol–water partition coefficient (Wildman–Crippen LogP) is 3.10. The van der Waals surface area contributed by atoms with E-state index in [4.69, 9.17) is 4.74 Å². The molecule has 2 aromatic rings. The number of benzene rings is 1. The predicted molar refractivity (Wildman–Crippen MR) is 126 cm³/mol. The third-order valence-corrected chi connectivity index (χ3v) is 8.96. The van der Waals surface area contributed by atoms with Crippen molar-refractivity contribution in [2.75, 3.05) is 33.4 Å². The second kappa shape index (κ2) is 11.1. The van der Waals surface area contributed by atoms with Crippen LogP contribution in [0.5, 0.6) is 0 Å². The molecule has 1 aromatic heterocycles. The number of methoxy groups -OCH3 is 1. The van der Waals surface area contributed by atoms with Gasteiger partial charge in [0.2, 0.25) is 5.92 Å². The molecule has 1 saturated heterocycles. The topological polar surface area (TPSA) is 109 Å². The highest BCUT2D eigenvalue weighted by Crippen LogP contribution is 2.36. The highest BCUT2D eigenvalue weighted by Gasteiger charge is 2.52. The second-order valence-corrected chi connectivity index (χ2v) is 11.2. The third kappa shape index (κ3) is 6.21. The number of pyridine rings is 1. The van der Waals surface area contributed by atoms with Crippen molar-refractivity contribution in [3.8, 4) is 11.3 Å². The van der Waals surface area contributed by atoms with Crippen molar-refractivity contribution in [3.05, 3.63) is 48.2 Å². The minimum absolute atomic E-state index is 0.0306. The van der Waals surface area contributed by atoms with Gasteiger partial charge in [0.1, 0.15) is 0 Å². The first-order valence-electron chi connectivity index (χ1n) is 11.4. The number of nitrogens with zero attached hydrogens (tertiary/aromatic N) is 2. The molecule has 0 bridgehead atoms. The van der Waals surface area contributed by atoms with E-state index in [9.17, 15) is 27.2 Å². The van der Waals surface area contributed by atoms with Crippen molar-refractivity contribution < 1.29 is 31.9 Å². The molecule has 0 aliphatic carbocycles. The molecule has 3 rings (SSSR count). The van der Waals surface area contributed by atoms with Crippen LogP contribution in [0.2, 0.25) is 0 Å².